The van der Waals surface area contributed by atoms with Crippen LogP contribution in [0.25, 0.3) is 10.2 Å². The molecule has 5 heteroatoms. The number of aromatic nitrogens is 1. The molecule has 0 atom stereocenters. The van der Waals surface area contributed by atoms with E-state index in [2.05, 4.69) is 18.2 Å². The fourth-order valence-corrected chi connectivity index (χ4v) is 4.43. The first kappa shape index (κ1) is 15.6. The van der Waals surface area contributed by atoms with Gasteiger partial charge in [0.1, 0.15) is 0 Å². The number of carbonyl (C=O) groups is 1. The lowest BCUT2D eigenvalue weighted by molar-refractivity contribution is 0.0713. The first-order valence-corrected chi connectivity index (χ1v) is 9.30. The molecule has 1 amide bonds. The fourth-order valence-electron chi connectivity index (χ4n) is 3.17. The van der Waals surface area contributed by atoms with E-state index in [-0.39, 0.29) is 5.91 Å². The van der Waals surface area contributed by atoms with Crippen LogP contribution in [0.15, 0.2) is 48.5 Å². The topological polar surface area (TPSA) is 33.2 Å². The maximum absolute atomic E-state index is 12.6. The summed E-state index contributed by atoms with van der Waals surface area (Å²) in [4.78, 5) is 19.3. The quantitative estimate of drug-likeness (QED) is 0.649. The van der Waals surface area contributed by atoms with Gasteiger partial charge in [-0.15, -0.1) is 11.3 Å². The predicted molar refractivity (Wildman–Crippen MR) is 99.0 cm³/mol. The highest BCUT2D eigenvalue weighted by Crippen LogP contribution is 2.34. The van der Waals surface area contributed by atoms with Crippen molar-refractivity contribution in [2.45, 2.75) is 18.8 Å². The Balaban J connectivity index is 1.44. The van der Waals surface area contributed by atoms with Crippen molar-refractivity contribution in [3.05, 3.63) is 64.1 Å². The number of likely N-dealkylation sites (tertiary alicyclic amines) is 1. The second-order valence-corrected chi connectivity index (χ2v) is 7.59. The summed E-state index contributed by atoms with van der Waals surface area (Å²) in [5.74, 6) is 0.547. The second-order valence-electron chi connectivity index (χ2n) is 6.09. The highest BCUT2D eigenvalue weighted by Gasteiger charge is 2.26. The Bertz CT molecular complexity index is 833. The van der Waals surface area contributed by atoms with E-state index in [0.717, 1.165) is 31.4 Å². The monoisotopic (exact) mass is 356 g/mol. The number of piperidine rings is 1. The molecule has 1 saturated heterocycles. The average Bonchev–Trinajstić information content (AvgIpc) is 3.06. The lowest BCUT2D eigenvalue weighted by Crippen LogP contribution is -2.37. The number of thiazole rings is 1. The van der Waals surface area contributed by atoms with Crippen molar-refractivity contribution in [3.63, 3.8) is 0 Å². The summed E-state index contributed by atoms with van der Waals surface area (Å²) in [6.07, 6.45) is 1.94. The van der Waals surface area contributed by atoms with Crippen LogP contribution in [0.4, 0.5) is 0 Å². The molecule has 0 saturated carbocycles. The van der Waals surface area contributed by atoms with Gasteiger partial charge in [0, 0.05) is 29.6 Å². The number of fused-ring (bicyclic) bond motifs is 1. The van der Waals surface area contributed by atoms with E-state index >= 15 is 0 Å². The van der Waals surface area contributed by atoms with Crippen LogP contribution < -0.4 is 0 Å². The Morgan fingerprint density at radius 1 is 1.08 bits per heavy atom. The molecule has 0 unspecified atom stereocenters. The molecule has 0 spiro atoms. The van der Waals surface area contributed by atoms with Gasteiger partial charge in [-0.05, 0) is 49.2 Å². The average molecular weight is 357 g/mol. The summed E-state index contributed by atoms with van der Waals surface area (Å²) in [6.45, 7) is 1.56. The molecule has 0 aliphatic carbocycles. The van der Waals surface area contributed by atoms with Gasteiger partial charge in [-0.1, -0.05) is 23.7 Å². The lowest BCUT2D eigenvalue weighted by Gasteiger charge is -2.31. The van der Waals surface area contributed by atoms with Crippen molar-refractivity contribution in [1.29, 1.82) is 0 Å². The van der Waals surface area contributed by atoms with Gasteiger partial charge >= 0.3 is 0 Å². The summed E-state index contributed by atoms with van der Waals surface area (Å²) in [5.41, 5.74) is 1.79. The highest BCUT2D eigenvalue weighted by molar-refractivity contribution is 7.18. The molecule has 0 bridgehead atoms. The first-order chi connectivity index (χ1) is 11.7. The summed E-state index contributed by atoms with van der Waals surface area (Å²) in [6, 6.07) is 15.4. The molecule has 0 N–H and O–H groups in total. The van der Waals surface area contributed by atoms with Gasteiger partial charge in [0.15, 0.2) is 0 Å². The minimum atomic E-state index is 0.0921. The molecule has 3 aromatic rings. The van der Waals surface area contributed by atoms with Crippen molar-refractivity contribution >= 4 is 39.1 Å². The van der Waals surface area contributed by atoms with Crippen LogP contribution in [-0.4, -0.2) is 28.9 Å². The number of amides is 1. The third-order valence-electron chi connectivity index (χ3n) is 4.53. The molecule has 1 fully saturated rings. The zero-order valence-corrected chi connectivity index (χ0v) is 14.7. The van der Waals surface area contributed by atoms with Crippen LogP contribution in [0.2, 0.25) is 5.02 Å². The second kappa shape index (κ2) is 6.54. The Kier molecular flexibility index (Phi) is 4.25. The summed E-state index contributed by atoms with van der Waals surface area (Å²) >= 11 is 7.67. The Labute approximate surface area is 149 Å². The van der Waals surface area contributed by atoms with Crippen LogP contribution in [0, 0.1) is 0 Å². The van der Waals surface area contributed by atoms with E-state index < -0.39 is 0 Å². The zero-order chi connectivity index (χ0) is 16.5. The maximum atomic E-state index is 12.6. The summed E-state index contributed by atoms with van der Waals surface area (Å²) in [5, 5.41) is 1.86. The Hall–Kier alpha value is -1.91. The normalized spacial score (nSPS) is 15.8. The van der Waals surface area contributed by atoms with Gasteiger partial charge in [0.2, 0.25) is 0 Å². The first-order valence-electron chi connectivity index (χ1n) is 8.11. The smallest absolute Gasteiger partial charge is 0.253 e. The third kappa shape index (κ3) is 3.04. The number of halogens is 1. The molecular formula is C19H17ClN2OS. The number of para-hydroxylation sites is 1. The molecular weight excluding hydrogens is 340 g/mol. The number of benzene rings is 2. The van der Waals surface area contributed by atoms with Crippen LogP contribution in [-0.2, 0) is 0 Å². The molecule has 24 heavy (non-hydrogen) atoms. The van der Waals surface area contributed by atoms with Crippen molar-refractivity contribution in [3.8, 4) is 0 Å². The van der Waals surface area contributed by atoms with Crippen molar-refractivity contribution in [2.24, 2.45) is 0 Å². The Morgan fingerprint density at radius 3 is 2.50 bits per heavy atom. The summed E-state index contributed by atoms with van der Waals surface area (Å²) < 4.78 is 1.24. The number of rotatable bonds is 2. The van der Waals surface area contributed by atoms with E-state index in [4.69, 9.17) is 16.6 Å². The van der Waals surface area contributed by atoms with E-state index in [0.29, 0.717) is 16.5 Å². The molecule has 0 radical (unpaired) electrons. The lowest BCUT2D eigenvalue weighted by atomic mass is 9.97. The number of hydrogen-bond acceptors (Lipinski definition) is 3. The molecule has 2 heterocycles. The molecule has 1 aliphatic heterocycles. The molecule has 1 aliphatic rings. The molecule has 1 aromatic heterocycles. The van der Waals surface area contributed by atoms with Crippen molar-refractivity contribution in [1.82, 2.24) is 9.88 Å². The SMILES string of the molecule is O=C(c1ccc(Cl)cc1)N1CCC(c2nc3ccccc3s2)CC1. The minimum Gasteiger partial charge on any atom is -0.339 e. The number of carbonyl (C=O) groups excluding carboxylic acids is 1. The van der Waals surface area contributed by atoms with Crippen LogP contribution in [0.3, 0.4) is 0 Å². The zero-order valence-electron chi connectivity index (χ0n) is 13.1. The van der Waals surface area contributed by atoms with Crippen LogP contribution in [0.5, 0.6) is 0 Å². The maximum Gasteiger partial charge on any atom is 0.253 e. The number of hydrogen-bond donors (Lipinski definition) is 0. The van der Waals surface area contributed by atoms with Gasteiger partial charge in [0.05, 0.1) is 15.2 Å². The van der Waals surface area contributed by atoms with E-state index in [1.54, 1.807) is 35.6 Å². The largest absolute Gasteiger partial charge is 0.339 e. The standard InChI is InChI=1S/C19H17ClN2OS/c20-15-7-5-14(6-8-15)19(23)22-11-9-13(10-12-22)18-21-16-3-1-2-4-17(16)24-18/h1-8,13H,9-12H2. The highest BCUT2D eigenvalue weighted by atomic mass is 35.5. The summed E-state index contributed by atoms with van der Waals surface area (Å²) in [7, 11) is 0. The van der Waals surface area contributed by atoms with Gasteiger partial charge in [-0.3, -0.25) is 4.79 Å². The molecule has 122 valence electrons. The van der Waals surface area contributed by atoms with Gasteiger partial charge < -0.3 is 4.90 Å². The molecule has 3 nitrogen and oxygen atoms in total. The van der Waals surface area contributed by atoms with Gasteiger partial charge in [0.25, 0.3) is 5.91 Å². The van der Waals surface area contributed by atoms with Gasteiger partial charge in [-0.25, -0.2) is 4.98 Å². The predicted octanol–water partition coefficient (Wildman–Crippen LogP) is 4.97. The van der Waals surface area contributed by atoms with Crippen molar-refractivity contribution < 1.29 is 4.79 Å². The van der Waals surface area contributed by atoms with E-state index in [1.807, 2.05) is 11.0 Å². The number of nitrogens with zero attached hydrogens (tertiary/aromatic N) is 2. The van der Waals surface area contributed by atoms with Crippen LogP contribution in [0.1, 0.15) is 34.1 Å². The molecule has 2 aromatic carbocycles. The van der Waals surface area contributed by atoms with Crippen LogP contribution >= 0.6 is 22.9 Å². The van der Waals surface area contributed by atoms with Gasteiger partial charge in [-0.2, -0.15) is 0 Å². The van der Waals surface area contributed by atoms with E-state index in [9.17, 15) is 4.79 Å². The Morgan fingerprint density at radius 2 is 1.79 bits per heavy atom. The molecule has 4 rings (SSSR count). The minimum absolute atomic E-state index is 0.0921. The van der Waals surface area contributed by atoms with Crippen molar-refractivity contribution in [2.75, 3.05) is 13.1 Å². The van der Waals surface area contributed by atoms with E-state index in [1.165, 1.54) is 9.71 Å². The third-order valence-corrected chi connectivity index (χ3v) is 5.98. The fraction of sp³-hybridized carbons (Fsp3) is 0.263.